The average molecular weight is 307 g/mol. The molecule has 22 heavy (non-hydrogen) atoms. The molecule has 1 amide bonds. The molecule has 1 rings (SSSR count). The summed E-state index contributed by atoms with van der Waals surface area (Å²) >= 11 is 0. The molecule has 0 aliphatic heterocycles. The van der Waals surface area contributed by atoms with Crippen molar-refractivity contribution in [2.45, 2.75) is 52.7 Å². The summed E-state index contributed by atoms with van der Waals surface area (Å²) in [6.07, 6.45) is 2.44. The minimum absolute atomic E-state index is 0.206. The van der Waals surface area contributed by atoms with Crippen LogP contribution >= 0.6 is 0 Å². The van der Waals surface area contributed by atoms with Crippen molar-refractivity contribution < 1.29 is 9.53 Å². The molecule has 0 saturated carbocycles. The predicted molar refractivity (Wildman–Crippen MR) is 88.8 cm³/mol. The van der Waals surface area contributed by atoms with Crippen LogP contribution in [0.5, 0.6) is 0 Å². The van der Waals surface area contributed by atoms with E-state index in [0.29, 0.717) is 13.1 Å². The lowest BCUT2D eigenvalue weighted by molar-refractivity contribution is 0.0258. The summed E-state index contributed by atoms with van der Waals surface area (Å²) in [7, 11) is 0. The normalized spacial score (nSPS) is 12.8. The van der Waals surface area contributed by atoms with Gasteiger partial charge in [-0.15, -0.1) is 0 Å². The molecular weight excluding hydrogens is 278 g/mol. The van der Waals surface area contributed by atoms with Crippen molar-refractivity contribution >= 4 is 6.09 Å². The van der Waals surface area contributed by atoms with Gasteiger partial charge in [-0.3, -0.25) is 4.98 Å². The van der Waals surface area contributed by atoms with Crippen LogP contribution in [0.4, 0.5) is 4.79 Å². The van der Waals surface area contributed by atoms with Crippen LogP contribution in [0.3, 0.4) is 0 Å². The van der Waals surface area contributed by atoms with E-state index in [4.69, 9.17) is 4.74 Å². The van der Waals surface area contributed by atoms with Gasteiger partial charge in [0.15, 0.2) is 0 Å². The number of hydrogen-bond acceptors (Lipinski definition) is 4. The highest BCUT2D eigenvalue weighted by Gasteiger charge is 2.20. The number of ether oxygens (including phenoxy) is 1. The lowest BCUT2D eigenvalue weighted by Crippen LogP contribution is -2.38. The number of nitrogens with zero attached hydrogens (tertiary/aromatic N) is 2. The van der Waals surface area contributed by atoms with Crippen LogP contribution in [-0.4, -0.2) is 41.2 Å². The largest absolute Gasteiger partial charge is 0.444 e. The second-order valence-corrected chi connectivity index (χ2v) is 6.34. The number of carbonyl (C=O) groups excluding carboxylic acids is 1. The summed E-state index contributed by atoms with van der Waals surface area (Å²) in [5, 5.41) is 3.42. The number of pyridine rings is 1. The molecule has 0 aliphatic carbocycles. The third kappa shape index (κ3) is 6.89. The SMILES string of the molecule is CCN(CCCNC(C)c1ccccn1)C(=O)OC(C)(C)C. The molecule has 1 aromatic heterocycles. The van der Waals surface area contributed by atoms with Gasteiger partial charge in [0.2, 0.25) is 0 Å². The average Bonchev–Trinajstić information content (AvgIpc) is 2.46. The summed E-state index contributed by atoms with van der Waals surface area (Å²) in [4.78, 5) is 18.1. The molecule has 0 fully saturated rings. The van der Waals surface area contributed by atoms with Crippen molar-refractivity contribution in [2.75, 3.05) is 19.6 Å². The zero-order chi connectivity index (χ0) is 16.6. The fourth-order valence-electron chi connectivity index (χ4n) is 2.03. The summed E-state index contributed by atoms with van der Waals surface area (Å²) in [5.74, 6) is 0. The minimum atomic E-state index is -0.448. The summed E-state index contributed by atoms with van der Waals surface area (Å²) in [5.41, 5.74) is 0.581. The lowest BCUT2D eigenvalue weighted by Gasteiger charge is -2.26. The predicted octanol–water partition coefficient (Wildman–Crippen LogP) is 3.38. The molecule has 0 aliphatic rings. The van der Waals surface area contributed by atoms with E-state index in [1.54, 1.807) is 11.1 Å². The number of amides is 1. The first-order valence-corrected chi connectivity index (χ1v) is 7.95. The van der Waals surface area contributed by atoms with Crippen LogP contribution < -0.4 is 5.32 Å². The maximum atomic E-state index is 12.0. The Bertz CT molecular complexity index is 443. The van der Waals surface area contributed by atoms with E-state index in [1.807, 2.05) is 45.9 Å². The zero-order valence-corrected chi connectivity index (χ0v) is 14.4. The van der Waals surface area contributed by atoms with Crippen LogP contribution in [0, 0.1) is 0 Å². The second-order valence-electron chi connectivity index (χ2n) is 6.34. The number of carbonyl (C=O) groups is 1. The highest BCUT2D eigenvalue weighted by Crippen LogP contribution is 2.10. The Morgan fingerprint density at radius 3 is 2.68 bits per heavy atom. The molecule has 1 heterocycles. The molecule has 1 unspecified atom stereocenters. The van der Waals surface area contributed by atoms with E-state index in [-0.39, 0.29) is 12.1 Å². The highest BCUT2D eigenvalue weighted by atomic mass is 16.6. The zero-order valence-electron chi connectivity index (χ0n) is 14.4. The molecule has 5 heteroatoms. The molecule has 0 aromatic carbocycles. The molecule has 0 radical (unpaired) electrons. The molecule has 0 bridgehead atoms. The Labute approximate surface area is 134 Å². The Hall–Kier alpha value is -1.62. The first-order chi connectivity index (χ1) is 10.3. The van der Waals surface area contributed by atoms with Gasteiger partial charge < -0.3 is 15.0 Å². The summed E-state index contributed by atoms with van der Waals surface area (Å²) in [6, 6.07) is 6.12. The number of nitrogens with one attached hydrogen (secondary N) is 1. The first-order valence-electron chi connectivity index (χ1n) is 7.95. The lowest BCUT2D eigenvalue weighted by atomic mass is 10.2. The van der Waals surface area contributed by atoms with Crippen molar-refractivity contribution in [3.63, 3.8) is 0 Å². The van der Waals surface area contributed by atoms with E-state index in [1.165, 1.54) is 0 Å². The van der Waals surface area contributed by atoms with E-state index in [0.717, 1.165) is 18.7 Å². The van der Waals surface area contributed by atoms with E-state index >= 15 is 0 Å². The van der Waals surface area contributed by atoms with Crippen molar-refractivity contribution in [1.29, 1.82) is 0 Å². The van der Waals surface area contributed by atoms with Crippen molar-refractivity contribution in [1.82, 2.24) is 15.2 Å². The molecule has 124 valence electrons. The van der Waals surface area contributed by atoms with Crippen LogP contribution in [0.15, 0.2) is 24.4 Å². The fourth-order valence-corrected chi connectivity index (χ4v) is 2.03. The highest BCUT2D eigenvalue weighted by molar-refractivity contribution is 5.68. The van der Waals surface area contributed by atoms with Crippen LogP contribution in [0.1, 0.15) is 52.8 Å². The standard InChI is InChI=1S/C17H29N3O2/c1-6-20(16(21)22-17(3,4)5)13-9-12-18-14(2)15-10-7-8-11-19-15/h7-8,10-11,14,18H,6,9,12-13H2,1-5H3. The minimum Gasteiger partial charge on any atom is -0.444 e. The first kappa shape index (κ1) is 18.4. The smallest absolute Gasteiger partial charge is 0.410 e. The molecule has 1 aromatic rings. The van der Waals surface area contributed by atoms with E-state index < -0.39 is 5.60 Å². The van der Waals surface area contributed by atoms with Gasteiger partial charge in [0, 0.05) is 25.3 Å². The Kier molecular flexibility index (Phi) is 7.32. The number of aromatic nitrogens is 1. The second kappa shape index (κ2) is 8.73. The van der Waals surface area contributed by atoms with Gasteiger partial charge in [0.1, 0.15) is 5.60 Å². The van der Waals surface area contributed by atoms with Gasteiger partial charge in [0.25, 0.3) is 0 Å². The van der Waals surface area contributed by atoms with Gasteiger partial charge in [-0.25, -0.2) is 4.79 Å². The van der Waals surface area contributed by atoms with Gasteiger partial charge in [-0.1, -0.05) is 6.07 Å². The quantitative estimate of drug-likeness (QED) is 0.785. The van der Waals surface area contributed by atoms with Crippen LogP contribution in [-0.2, 0) is 4.74 Å². The molecular formula is C17H29N3O2. The van der Waals surface area contributed by atoms with Crippen molar-refractivity contribution in [3.05, 3.63) is 30.1 Å². The Morgan fingerprint density at radius 2 is 2.14 bits per heavy atom. The number of hydrogen-bond donors (Lipinski definition) is 1. The maximum absolute atomic E-state index is 12.0. The monoisotopic (exact) mass is 307 g/mol. The topological polar surface area (TPSA) is 54.5 Å². The van der Waals surface area contributed by atoms with Crippen LogP contribution in [0.2, 0.25) is 0 Å². The van der Waals surface area contributed by atoms with E-state index in [9.17, 15) is 4.79 Å². The summed E-state index contributed by atoms with van der Waals surface area (Å²) < 4.78 is 5.39. The van der Waals surface area contributed by atoms with Gasteiger partial charge in [0.05, 0.1) is 5.69 Å². The molecule has 0 saturated heterocycles. The maximum Gasteiger partial charge on any atom is 0.410 e. The number of rotatable bonds is 7. The molecule has 5 nitrogen and oxygen atoms in total. The van der Waals surface area contributed by atoms with Crippen molar-refractivity contribution in [2.24, 2.45) is 0 Å². The van der Waals surface area contributed by atoms with Gasteiger partial charge >= 0.3 is 6.09 Å². The third-order valence-electron chi connectivity index (χ3n) is 3.22. The van der Waals surface area contributed by atoms with Gasteiger partial charge in [-0.05, 0) is 59.7 Å². The van der Waals surface area contributed by atoms with Crippen molar-refractivity contribution in [3.8, 4) is 0 Å². The van der Waals surface area contributed by atoms with E-state index in [2.05, 4.69) is 17.2 Å². The fraction of sp³-hybridized carbons (Fsp3) is 0.647. The third-order valence-corrected chi connectivity index (χ3v) is 3.22. The molecule has 1 N–H and O–H groups in total. The Morgan fingerprint density at radius 1 is 1.41 bits per heavy atom. The van der Waals surface area contributed by atoms with Gasteiger partial charge in [-0.2, -0.15) is 0 Å². The van der Waals surface area contributed by atoms with Crippen LogP contribution in [0.25, 0.3) is 0 Å². The summed E-state index contributed by atoms with van der Waals surface area (Å²) in [6.45, 7) is 11.9. The Balaban J connectivity index is 2.31. The molecule has 1 atom stereocenters. The molecule has 0 spiro atoms.